The molecule has 0 unspecified atom stereocenters. The Hall–Kier alpha value is -3.33. The van der Waals surface area contributed by atoms with Crippen LogP contribution in [0.2, 0.25) is 0 Å². The molecule has 0 aliphatic rings. The van der Waals surface area contributed by atoms with Crippen LogP contribution in [0, 0.1) is 5.82 Å². The molecule has 7 nitrogen and oxygen atoms in total. The third kappa shape index (κ3) is 2.77. The van der Waals surface area contributed by atoms with Gasteiger partial charge in [-0.25, -0.2) is 14.4 Å². The van der Waals surface area contributed by atoms with Gasteiger partial charge in [-0.1, -0.05) is 0 Å². The van der Waals surface area contributed by atoms with Crippen LogP contribution in [-0.4, -0.2) is 29.3 Å². The first-order valence-corrected chi connectivity index (χ1v) is 9.58. The van der Waals surface area contributed by atoms with Crippen molar-refractivity contribution >= 4 is 43.8 Å². The first kappa shape index (κ1) is 17.7. The van der Waals surface area contributed by atoms with Crippen LogP contribution in [0.1, 0.15) is 0 Å². The number of anilines is 1. The normalized spacial score (nSPS) is 11.6. The predicted molar refractivity (Wildman–Crippen MR) is 114 cm³/mol. The Kier molecular flexibility index (Phi) is 3.88. The fourth-order valence-electron chi connectivity index (χ4n) is 3.69. The number of pyridine rings is 1. The Labute approximate surface area is 173 Å². The highest BCUT2D eigenvalue weighted by atomic mass is 79.9. The highest BCUT2D eigenvalue weighted by Crippen LogP contribution is 2.38. The van der Waals surface area contributed by atoms with Crippen molar-refractivity contribution in [1.29, 1.82) is 0 Å². The fraction of sp³-hybridized carbons (Fsp3) is 0.100. The number of fused-ring (bicyclic) bond motifs is 2. The van der Waals surface area contributed by atoms with Crippen LogP contribution in [0.3, 0.4) is 0 Å². The molecule has 5 aromatic rings. The molecule has 0 amide bonds. The Bertz CT molecular complexity index is 1420. The van der Waals surface area contributed by atoms with E-state index in [9.17, 15) is 4.39 Å². The lowest BCUT2D eigenvalue weighted by molar-refractivity contribution is 0.629. The molecule has 1 aromatic carbocycles. The second-order valence-corrected chi connectivity index (χ2v) is 7.78. The Morgan fingerprint density at radius 2 is 1.72 bits per heavy atom. The van der Waals surface area contributed by atoms with E-state index in [4.69, 9.17) is 5.73 Å². The summed E-state index contributed by atoms with van der Waals surface area (Å²) in [5, 5.41) is 9.97. The minimum atomic E-state index is -0.320. The van der Waals surface area contributed by atoms with Crippen molar-refractivity contribution in [3.05, 3.63) is 53.1 Å². The number of nitrogens with zero attached hydrogens (tertiary/aromatic N) is 6. The Morgan fingerprint density at radius 3 is 2.55 bits per heavy atom. The molecular weight excluding hydrogens is 437 g/mol. The van der Waals surface area contributed by atoms with Gasteiger partial charge < -0.3 is 14.9 Å². The van der Waals surface area contributed by atoms with Crippen LogP contribution >= 0.6 is 15.9 Å². The molecule has 5 rings (SSSR count). The number of halogens is 2. The van der Waals surface area contributed by atoms with Crippen LogP contribution in [0.25, 0.3) is 44.5 Å². The summed E-state index contributed by atoms with van der Waals surface area (Å²) in [4.78, 5) is 8.96. The molecule has 0 atom stereocenters. The molecule has 9 heteroatoms. The van der Waals surface area contributed by atoms with Crippen LogP contribution in [0.5, 0.6) is 0 Å². The molecule has 0 saturated heterocycles. The number of nitrogens with two attached hydrogens (primary N) is 1. The third-order valence-electron chi connectivity index (χ3n) is 4.95. The van der Waals surface area contributed by atoms with E-state index in [0.717, 1.165) is 37.5 Å². The van der Waals surface area contributed by atoms with Crippen molar-refractivity contribution in [1.82, 2.24) is 29.3 Å². The van der Waals surface area contributed by atoms with Gasteiger partial charge in [0.05, 0.1) is 0 Å². The molecule has 4 heterocycles. The summed E-state index contributed by atoms with van der Waals surface area (Å²) in [6.45, 7) is 0. The Balaban J connectivity index is 1.86. The molecule has 0 bridgehead atoms. The molecule has 0 spiro atoms. The van der Waals surface area contributed by atoms with E-state index in [1.54, 1.807) is 12.3 Å². The van der Waals surface area contributed by atoms with Gasteiger partial charge in [0.15, 0.2) is 0 Å². The average Bonchev–Trinajstić information content (AvgIpc) is 3.18. The topological polar surface area (TPSA) is 87.4 Å². The highest BCUT2D eigenvalue weighted by Gasteiger charge is 2.21. The minimum Gasteiger partial charge on any atom is -0.366 e. The van der Waals surface area contributed by atoms with Crippen LogP contribution in [-0.2, 0) is 14.1 Å². The number of aromatic nitrogens is 6. The molecule has 2 N–H and O–H groups in total. The summed E-state index contributed by atoms with van der Waals surface area (Å²) in [6.07, 6.45) is 5.57. The molecule has 0 fully saturated rings. The molecule has 29 heavy (non-hydrogen) atoms. The van der Waals surface area contributed by atoms with Crippen molar-refractivity contribution in [3.63, 3.8) is 0 Å². The monoisotopic (exact) mass is 451 g/mol. The molecule has 0 aliphatic carbocycles. The summed E-state index contributed by atoms with van der Waals surface area (Å²) in [5.74, 6) is -0.267. The molecular formula is C20H15BrFN7. The zero-order valence-corrected chi connectivity index (χ0v) is 17.1. The van der Waals surface area contributed by atoms with Gasteiger partial charge in [0.2, 0.25) is 5.95 Å². The lowest BCUT2D eigenvalue weighted by Gasteiger charge is -2.07. The van der Waals surface area contributed by atoms with Gasteiger partial charge >= 0.3 is 0 Å². The van der Waals surface area contributed by atoms with Crippen LogP contribution in [0.15, 0.2) is 47.3 Å². The molecule has 0 aliphatic heterocycles. The second kappa shape index (κ2) is 6.35. The van der Waals surface area contributed by atoms with Gasteiger partial charge in [0.1, 0.15) is 22.9 Å². The summed E-state index contributed by atoms with van der Waals surface area (Å²) < 4.78 is 18.7. The smallest absolute Gasteiger partial charge is 0.240 e. The summed E-state index contributed by atoms with van der Waals surface area (Å²) in [6, 6.07) is 6.65. The number of nitrogen functional groups attached to an aromatic ring is 1. The summed E-state index contributed by atoms with van der Waals surface area (Å²) in [7, 11) is 3.82. The third-order valence-corrected chi connectivity index (χ3v) is 5.38. The van der Waals surface area contributed by atoms with Crippen LogP contribution in [0.4, 0.5) is 10.3 Å². The molecule has 0 radical (unpaired) electrons. The Morgan fingerprint density at radius 1 is 0.966 bits per heavy atom. The van der Waals surface area contributed by atoms with E-state index in [1.807, 2.05) is 41.7 Å². The zero-order valence-electron chi connectivity index (χ0n) is 15.6. The molecule has 144 valence electrons. The van der Waals surface area contributed by atoms with Crippen LogP contribution < -0.4 is 5.73 Å². The minimum absolute atomic E-state index is 0.0525. The molecule has 0 saturated carbocycles. The SMILES string of the molecule is Cn1cc(-c2nc(N)nnc2-c2cn(C)c3ncc(Br)cc23)c2cc(F)ccc21. The number of hydrogen-bond acceptors (Lipinski definition) is 5. The van der Waals surface area contributed by atoms with E-state index in [2.05, 4.69) is 36.1 Å². The lowest BCUT2D eigenvalue weighted by atomic mass is 10.0. The highest BCUT2D eigenvalue weighted by molar-refractivity contribution is 9.10. The summed E-state index contributed by atoms with van der Waals surface area (Å²) >= 11 is 3.48. The number of aryl methyl sites for hydroxylation is 2. The number of rotatable bonds is 2. The van der Waals surface area contributed by atoms with E-state index in [0.29, 0.717) is 11.4 Å². The van der Waals surface area contributed by atoms with E-state index in [1.165, 1.54) is 12.1 Å². The standard InChI is InChI=1S/C20H15BrFN7/c1-28-8-14(12-6-11(22)3-4-16(12)28)17-18(26-27-20(23)25-17)15-9-29(2)19-13(15)5-10(21)7-24-19/h3-9H,1-2H3,(H2,23,25,27). The van der Waals surface area contributed by atoms with Gasteiger partial charge in [-0.05, 0) is 40.2 Å². The first-order valence-electron chi connectivity index (χ1n) is 8.78. The maximum absolute atomic E-state index is 14.0. The first-order chi connectivity index (χ1) is 13.9. The zero-order chi connectivity index (χ0) is 20.3. The van der Waals surface area contributed by atoms with Gasteiger partial charge in [-0.2, -0.15) is 0 Å². The number of hydrogen-bond donors (Lipinski definition) is 1. The van der Waals surface area contributed by atoms with Crippen molar-refractivity contribution in [2.75, 3.05) is 5.73 Å². The second-order valence-electron chi connectivity index (χ2n) is 6.86. The fourth-order valence-corrected chi connectivity index (χ4v) is 4.02. The van der Waals surface area contributed by atoms with Crippen molar-refractivity contribution in [2.45, 2.75) is 0 Å². The maximum Gasteiger partial charge on any atom is 0.240 e. The molecule has 4 aromatic heterocycles. The largest absolute Gasteiger partial charge is 0.366 e. The van der Waals surface area contributed by atoms with Crippen molar-refractivity contribution in [2.24, 2.45) is 14.1 Å². The lowest BCUT2D eigenvalue weighted by Crippen LogP contribution is -2.02. The van der Waals surface area contributed by atoms with Crippen molar-refractivity contribution in [3.8, 4) is 22.5 Å². The van der Waals surface area contributed by atoms with Gasteiger partial charge in [-0.15, -0.1) is 10.2 Å². The van der Waals surface area contributed by atoms with E-state index < -0.39 is 0 Å². The maximum atomic E-state index is 14.0. The van der Waals surface area contributed by atoms with Gasteiger partial charge in [-0.3, -0.25) is 0 Å². The number of benzene rings is 1. The van der Waals surface area contributed by atoms with E-state index in [-0.39, 0.29) is 11.8 Å². The van der Waals surface area contributed by atoms with Gasteiger partial charge in [0, 0.05) is 64.6 Å². The van der Waals surface area contributed by atoms with Gasteiger partial charge in [0.25, 0.3) is 0 Å². The quantitative estimate of drug-likeness (QED) is 0.437. The van der Waals surface area contributed by atoms with Crippen molar-refractivity contribution < 1.29 is 4.39 Å². The van der Waals surface area contributed by atoms with E-state index >= 15 is 0 Å². The average molecular weight is 452 g/mol. The summed E-state index contributed by atoms with van der Waals surface area (Å²) in [5.41, 5.74) is 10.2. The predicted octanol–water partition coefficient (Wildman–Crippen LogP) is 4.07.